The van der Waals surface area contributed by atoms with Crippen LogP contribution in [0.2, 0.25) is 0 Å². The Kier molecular flexibility index (Phi) is 13.8. The van der Waals surface area contributed by atoms with E-state index in [9.17, 15) is 25.9 Å². The predicted molar refractivity (Wildman–Crippen MR) is 166 cm³/mol. The molecule has 0 spiro atoms. The molecule has 0 radical (unpaired) electrons. The van der Waals surface area contributed by atoms with Crippen molar-refractivity contribution in [2.75, 3.05) is 0 Å². The fourth-order valence-electron chi connectivity index (χ4n) is 5.20. The maximum Gasteiger partial charge on any atom is 2.00 e. The van der Waals surface area contributed by atoms with E-state index in [-0.39, 0.29) is 47.5 Å². The summed E-state index contributed by atoms with van der Waals surface area (Å²) in [6.45, 7) is 8.13. The minimum atomic E-state index is -4.46. The Hall–Kier alpha value is -1.52. The van der Waals surface area contributed by atoms with Gasteiger partial charge in [-0.25, -0.2) is 16.8 Å². The van der Waals surface area contributed by atoms with Crippen molar-refractivity contribution in [2.45, 2.75) is 88.9 Å². The summed E-state index contributed by atoms with van der Waals surface area (Å²) in [6, 6.07) is 18.7. The third kappa shape index (κ3) is 9.23. The van der Waals surface area contributed by atoms with Crippen molar-refractivity contribution < 1.29 is 25.9 Å². The van der Waals surface area contributed by atoms with E-state index in [0.29, 0.717) is 34.7 Å². The number of rotatable bonds is 10. The van der Waals surface area contributed by atoms with Gasteiger partial charge in [0.1, 0.15) is 20.2 Å². The van der Waals surface area contributed by atoms with Gasteiger partial charge in [0.05, 0.1) is 9.79 Å². The zero-order valence-electron chi connectivity index (χ0n) is 24.4. The van der Waals surface area contributed by atoms with Crippen LogP contribution in [0, 0.1) is 0 Å². The molecule has 41 heavy (non-hydrogen) atoms. The molecule has 9 heteroatoms. The first kappa shape index (κ1) is 35.7. The maximum atomic E-state index is 11.6. The number of hydrogen-bond donors (Lipinski definition) is 0. The first-order chi connectivity index (χ1) is 18.9. The van der Waals surface area contributed by atoms with Gasteiger partial charge in [-0.1, -0.05) is 114 Å². The molecule has 4 aromatic rings. The van der Waals surface area contributed by atoms with Crippen LogP contribution in [-0.4, -0.2) is 63.7 Å². The van der Waals surface area contributed by atoms with Crippen LogP contribution in [-0.2, 0) is 45.9 Å². The first-order valence-electron chi connectivity index (χ1n) is 13.9. The van der Waals surface area contributed by atoms with Gasteiger partial charge in [-0.05, 0) is 69.5 Å². The molecule has 0 saturated heterocycles. The molecule has 0 amide bonds. The van der Waals surface area contributed by atoms with Crippen molar-refractivity contribution in [1.82, 2.24) is 0 Å². The second kappa shape index (κ2) is 15.8. The van der Waals surface area contributed by atoms with Gasteiger partial charge in [0.25, 0.3) is 0 Å². The zero-order chi connectivity index (χ0) is 29.5. The van der Waals surface area contributed by atoms with Crippen molar-refractivity contribution in [3.63, 3.8) is 0 Å². The maximum absolute atomic E-state index is 11.6. The summed E-state index contributed by atoms with van der Waals surface area (Å²) in [4.78, 5) is -0.0835. The molecule has 4 aromatic carbocycles. The smallest absolute Gasteiger partial charge is 0.744 e. The summed E-state index contributed by atoms with van der Waals surface area (Å²) >= 11 is 0. The van der Waals surface area contributed by atoms with Crippen LogP contribution in [0.3, 0.4) is 0 Å². The molecule has 6 nitrogen and oxygen atoms in total. The second-order valence-electron chi connectivity index (χ2n) is 10.1. The number of hydrogen-bond acceptors (Lipinski definition) is 6. The molecule has 0 aliphatic rings. The van der Waals surface area contributed by atoms with Gasteiger partial charge >= 0.3 is 37.7 Å². The van der Waals surface area contributed by atoms with E-state index in [1.54, 1.807) is 24.3 Å². The van der Waals surface area contributed by atoms with Crippen molar-refractivity contribution in [3.05, 3.63) is 82.9 Å². The van der Waals surface area contributed by atoms with Crippen LogP contribution in [0.4, 0.5) is 0 Å². The third-order valence-corrected chi connectivity index (χ3v) is 8.81. The Morgan fingerprint density at radius 1 is 0.512 bits per heavy atom. The molecule has 0 atom stereocenters. The van der Waals surface area contributed by atoms with Crippen LogP contribution in [0.5, 0.6) is 0 Å². The van der Waals surface area contributed by atoms with Gasteiger partial charge in [-0.15, -0.1) is 0 Å². The number of fused-ring (bicyclic) bond motifs is 2. The van der Waals surface area contributed by atoms with E-state index in [0.717, 1.165) is 60.4 Å². The molecule has 0 fully saturated rings. The molecule has 0 bridgehead atoms. The Balaban J connectivity index is 0.000000280. The van der Waals surface area contributed by atoms with E-state index in [2.05, 4.69) is 13.8 Å². The van der Waals surface area contributed by atoms with Crippen LogP contribution in [0.15, 0.2) is 70.5 Å². The predicted octanol–water partition coefficient (Wildman–Crippen LogP) is 6.92. The van der Waals surface area contributed by atoms with Gasteiger partial charge in [0.15, 0.2) is 0 Å². The Morgan fingerprint density at radius 3 is 1.15 bits per heavy atom. The van der Waals surface area contributed by atoms with Gasteiger partial charge < -0.3 is 9.11 Å². The largest absolute Gasteiger partial charge is 2.00 e. The molecule has 0 aliphatic carbocycles. The monoisotopic (exact) mass is 622 g/mol. The SMILES string of the molecule is CCCc1ccc2c(S(=O)(=O)[O-])c(CCC)ccc2c1.CCCc1ccc2c(S(=O)(=O)[O-])c(CCC)ccc2c1.[Ca+2]. The Labute approximate surface area is 275 Å². The summed E-state index contributed by atoms with van der Waals surface area (Å²) in [5.74, 6) is 0. The van der Waals surface area contributed by atoms with E-state index >= 15 is 0 Å². The summed E-state index contributed by atoms with van der Waals surface area (Å²) in [7, 11) is -8.91. The Morgan fingerprint density at radius 2 is 0.854 bits per heavy atom. The van der Waals surface area contributed by atoms with Crippen LogP contribution >= 0.6 is 0 Å². The molecule has 0 N–H and O–H groups in total. The fourth-order valence-corrected chi connectivity index (χ4v) is 7.10. The summed E-state index contributed by atoms with van der Waals surface area (Å²) in [5, 5.41) is 2.74. The molecule has 0 aliphatic heterocycles. The average Bonchev–Trinajstić information content (AvgIpc) is 2.88. The molecule has 0 saturated carbocycles. The molecule has 0 heterocycles. The van der Waals surface area contributed by atoms with Gasteiger partial charge in [-0.3, -0.25) is 0 Å². The molecule has 0 aromatic heterocycles. The zero-order valence-corrected chi connectivity index (χ0v) is 28.2. The standard InChI is InChI=1S/2C16H20O3S.Ca/c2*1-3-5-12-7-10-15-14(11-12)9-8-13(6-4-2)16(15)20(17,18)19;/h2*7-11H,3-6H2,1-2H3,(H,17,18,19);/q;;+2/p-2. The summed E-state index contributed by atoms with van der Waals surface area (Å²) in [5.41, 5.74) is 3.58. The van der Waals surface area contributed by atoms with Crippen molar-refractivity contribution in [3.8, 4) is 0 Å². The molecular formula is C32H38CaO6S2. The molecule has 0 unspecified atom stereocenters. The first-order valence-corrected chi connectivity index (χ1v) is 16.8. The van der Waals surface area contributed by atoms with Crippen molar-refractivity contribution in [2.24, 2.45) is 0 Å². The van der Waals surface area contributed by atoms with Gasteiger partial charge in [0.2, 0.25) is 0 Å². The number of benzene rings is 4. The van der Waals surface area contributed by atoms with Crippen LogP contribution < -0.4 is 0 Å². The van der Waals surface area contributed by atoms with E-state index in [4.69, 9.17) is 0 Å². The minimum absolute atomic E-state index is 0. The van der Waals surface area contributed by atoms with E-state index < -0.39 is 20.2 Å². The summed E-state index contributed by atoms with van der Waals surface area (Å²) < 4.78 is 69.6. The molecule has 216 valence electrons. The van der Waals surface area contributed by atoms with Gasteiger partial charge in [-0.2, -0.15) is 0 Å². The van der Waals surface area contributed by atoms with Gasteiger partial charge in [0, 0.05) is 0 Å². The van der Waals surface area contributed by atoms with E-state index in [1.165, 1.54) is 0 Å². The third-order valence-electron chi connectivity index (χ3n) is 6.85. The summed E-state index contributed by atoms with van der Waals surface area (Å²) in [6.07, 6.45) is 6.79. The minimum Gasteiger partial charge on any atom is -0.744 e. The van der Waals surface area contributed by atoms with E-state index in [1.807, 2.05) is 50.2 Å². The molecule has 4 rings (SSSR count). The van der Waals surface area contributed by atoms with Crippen LogP contribution in [0.25, 0.3) is 21.5 Å². The average molecular weight is 623 g/mol. The van der Waals surface area contributed by atoms with Crippen molar-refractivity contribution in [1.29, 1.82) is 0 Å². The fraction of sp³-hybridized carbons (Fsp3) is 0.375. The Bertz CT molecular complexity index is 1570. The second-order valence-corrected chi connectivity index (χ2v) is 12.8. The normalized spacial score (nSPS) is 11.7. The van der Waals surface area contributed by atoms with Crippen LogP contribution in [0.1, 0.15) is 75.6 Å². The quantitative estimate of drug-likeness (QED) is 0.140. The topological polar surface area (TPSA) is 114 Å². The molecular weight excluding hydrogens is 585 g/mol. The number of aryl methyl sites for hydroxylation is 4. The van der Waals surface area contributed by atoms with Crippen molar-refractivity contribution >= 4 is 79.5 Å².